The molecule has 0 spiro atoms. The first-order chi connectivity index (χ1) is 8.74. The summed E-state index contributed by atoms with van der Waals surface area (Å²) in [6.07, 6.45) is 0.735. The molecule has 96 valence electrons. The van der Waals surface area contributed by atoms with E-state index in [1.165, 1.54) is 0 Å². The van der Waals surface area contributed by atoms with E-state index in [-0.39, 0.29) is 0 Å². The van der Waals surface area contributed by atoms with Crippen LogP contribution in [-0.2, 0) is 6.42 Å². The van der Waals surface area contributed by atoms with Gasteiger partial charge in [-0.05, 0) is 37.7 Å². The van der Waals surface area contributed by atoms with Crippen molar-refractivity contribution in [3.63, 3.8) is 0 Å². The van der Waals surface area contributed by atoms with Gasteiger partial charge in [0.15, 0.2) is 0 Å². The van der Waals surface area contributed by atoms with Gasteiger partial charge in [0, 0.05) is 18.5 Å². The van der Waals surface area contributed by atoms with E-state index in [0.29, 0.717) is 11.7 Å². The number of rotatable bonds is 5. The molecular weight excluding hydrogens is 230 g/mol. The molecule has 2 aromatic rings. The van der Waals surface area contributed by atoms with Crippen molar-refractivity contribution in [1.82, 2.24) is 15.5 Å². The molecule has 0 aliphatic carbocycles. The van der Waals surface area contributed by atoms with Gasteiger partial charge >= 0.3 is 0 Å². The van der Waals surface area contributed by atoms with Gasteiger partial charge in [0.05, 0.1) is 7.11 Å². The van der Waals surface area contributed by atoms with E-state index in [4.69, 9.17) is 9.26 Å². The summed E-state index contributed by atoms with van der Waals surface area (Å²) in [5.41, 5.74) is 1.99. The lowest BCUT2D eigenvalue weighted by molar-refractivity contribution is 0.377. The minimum Gasteiger partial charge on any atom is -0.496 e. The van der Waals surface area contributed by atoms with Gasteiger partial charge in [-0.1, -0.05) is 5.16 Å². The Kier molecular flexibility index (Phi) is 3.94. The average Bonchev–Trinajstić information content (AvgIpc) is 2.85. The molecule has 2 rings (SSSR count). The molecule has 0 saturated carbocycles. The smallest absolute Gasteiger partial charge is 0.228 e. The second-order valence-electron chi connectivity index (χ2n) is 4.05. The van der Waals surface area contributed by atoms with E-state index in [2.05, 4.69) is 15.5 Å². The molecule has 0 aliphatic rings. The number of aryl methyl sites for hydroxylation is 1. The van der Waals surface area contributed by atoms with Gasteiger partial charge in [-0.3, -0.25) is 0 Å². The Hall–Kier alpha value is -1.88. The van der Waals surface area contributed by atoms with Crippen LogP contribution in [0.1, 0.15) is 11.5 Å². The number of nitrogens with zero attached hydrogens (tertiary/aromatic N) is 2. The van der Waals surface area contributed by atoms with Crippen molar-refractivity contribution in [2.75, 3.05) is 20.7 Å². The predicted molar refractivity (Wildman–Crippen MR) is 68.7 cm³/mol. The largest absolute Gasteiger partial charge is 0.496 e. The molecule has 18 heavy (non-hydrogen) atoms. The van der Waals surface area contributed by atoms with E-state index < -0.39 is 0 Å². The highest BCUT2D eigenvalue weighted by Gasteiger charge is 2.09. The van der Waals surface area contributed by atoms with Crippen LogP contribution in [0.25, 0.3) is 11.4 Å². The van der Waals surface area contributed by atoms with E-state index in [1.807, 2.05) is 32.2 Å². The summed E-state index contributed by atoms with van der Waals surface area (Å²) in [5.74, 6) is 2.12. The average molecular weight is 247 g/mol. The summed E-state index contributed by atoms with van der Waals surface area (Å²) in [6.45, 7) is 2.81. The number of methoxy groups -OCH3 is 1. The van der Waals surface area contributed by atoms with E-state index >= 15 is 0 Å². The standard InChI is InChI=1S/C13H17N3O2/c1-9-8-10(4-5-11(9)17-3)13-15-12(18-16-13)6-7-14-2/h4-5,8,14H,6-7H2,1-3H3. The third-order valence-electron chi connectivity index (χ3n) is 2.71. The van der Waals surface area contributed by atoms with Crippen LogP contribution in [0.3, 0.4) is 0 Å². The number of aromatic nitrogens is 2. The third-order valence-corrected chi connectivity index (χ3v) is 2.71. The zero-order valence-corrected chi connectivity index (χ0v) is 10.9. The Morgan fingerprint density at radius 2 is 2.22 bits per heavy atom. The van der Waals surface area contributed by atoms with Gasteiger partial charge in [0.2, 0.25) is 11.7 Å². The minimum absolute atomic E-state index is 0.617. The first kappa shape index (κ1) is 12.6. The van der Waals surface area contributed by atoms with E-state index in [1.54, 1.807) is 7.11 Å². The minimum atomic E-state index is 0.617. The van der Waals surface area contributed by atoms with Crippen LogP contribution in [0, 0.1) is 6.92 Å². The fourth-order valence-corrected chi connectivity index (χ4v) is 1.72. The second-order valence-corrected chi connectivity index (χ2v) is 4.05. The lowest BCUT2D eigenvalue weighted by atomic mass is 10.1. The summed E-state index contributed by atoms with van der Waals surface area (Å²) in [7, 11) is 3.55. The Balaban J connectivity index is 2.20. The van der Waals surface area contributed by atoms with Crippen LogP contribution < -0.4 is 10.1 Å². The van der Waals surface area contributed by atoms with Crippen molar-refractivity contribution in [3.05, 3.63) is 29.7 Å². The molecule has 1 heterocycles. The number of ether oxygens (including phenoxy) is 1. The molecule has 0 saturated heterocycles. The number of nitrogens with one attached hydrogen (secondary N) is 1. The monoisotopic (exact) mass is 247 g/mol. The fourth-order valence-electron chi connectivity index (χ4n) is 1.72. The highest BCUT2D eigenvalue weighted by Crippen LogP contribution is 2.24. The first-order valence-corrected chi connectivity index (χ1v) is 5.87. The van der Waals surface area contributed by atoms with Crippen LogP contribution in [0.15, 0.2) is 22.7 Å². The Labute approximate surface area is 106 Å². The third kappa shape index (κ3) is 2.68. The van der Waals surface area contributed by atoms with Crippen molar-refractivity contribution >= 4 is 0 Å². The molecule has 0 bridgehead atoms. The lowest BCUT2D eigenvalue weighted by Crippen LogP contribution is -2.10. The van der Waals surface area contributed by atoms with Crippen molar-refractivity contribution in [2.45, 2.75) is 13.3 Å². The Morgan fingerprint density at radius 3 is 2.89 bits per heavy atom. The molecular formula is C13H17N3O2. The van der Waals surface area contributed by atoms with Crippen LogP contribution in [-0.4, -0.2) is 30.8 Å². The number of hydrogen-bond acceptors (Lipinski definition) is 5. The number of likely N-dealkylation sites (N-methyl/N-ethyl adjacent to an activating group) is 1. The van der Waals surface area contributed by atoms with Gasteiger partial charge in [0.25, 0.3) is 0 Å². The zero-order valence-electron chi connectivity index (χ0n) is 10.9. The second kappa shape index (κ2) is 5.64. The summed E-state index contributed by atoms with van der Waals surface area (Å²) in [6, 6.07) is 5.83. The van der Waals surface area contributed by atoms with E-state index in [9.17, 15) is 0 Å². The highest BCUT2D eigenvalue weighted by atomic mass is 16.5. The van der Waals surface area contributed by atoms with Crippen molar-refractivity contribution in [1.29, 1.82) is 0 Å². The van der Waals surface area contributed by atoms with Crippen LogP contribution in [0.2, 0.25) is 0 Å². The Morgan fingerprint density at radius 1 is 1.39 bits per heavy atom. The maximum Gasteiger partial charge on any atom is 0.228 e. The molecule has 5 heteroatoms. The number of hydrogen-bond donors (Lipinski definition) is 1. The van der Waals surface area contributed by atoms with Gasteiger partial charge < -0.3 is 14.6 Å². The molecule has 5 nitrogen and oxygen atoms in total. The van der Waals surface area contributed by atoms with Crippen molar-refractivity contribution in [3.8, 4) is 17.1 Å². The molecule has 0 amide bonds. The molecule has 0 unspecified atom stereocenters. The fraction of sp³-hybridized carbons (Fsp3) is 0.385. The Bertz CT molecular complexity index is 523. The zero-order chi connectivity index (χ0) is 13.0. The molecule has 1 aromatic heterocycles. The summed E-state index contributed by atoms with van der Waals surface area (Å²) >= 11 is 0. The molecule has 1 aromatic carbocycles. The van der Waals surface area contributed by atoms with Gasteiger partial charge in [0.1, 0.15) is 5.75 Å². The molecule has 1 N–H and O–H groups in total. The maximum absolute atomic E-state index is 5.22. The SMILES string of the molecule is CNCCc1nc(-c2ccc(OC)c(C)c2)no1. The van der Waals surface area contributed by atoms with Crippen molar-refractivity contribution in [2.24, 2.45) is 0 Å². The summed E-state index contributed by atoms with van der Waals surface area (Å²) < 4.78 is 10.4. The maximum atomic E-state index is 5.22. The quantitative estimate of drug-likeness (QED) is 0.873. The van der Waals surface area contributed by atoms with Crippen molar-refractivity contribution < 1.29 is 9.26 Å². The van der Waals surface area contributed by atoms with Crippen LogP contribution >= 0.6 is 0 Å². The first-order valence-electron chi connectivity index (χ1n) is 5.87. The van der Waals surface area contributed by atoms with E-state index in [0.717, 1.165) is 29.8 Å². The number of benzene rings is 1. The topological polar surface area (TPSA) is 60.2 Å². The molecule has 0 fully saturated rings. The lowest BCUT2D eigenvalue weighted by Gasteiger charge is -2.04. The normalized spacial score (nSPS) is 10.6. The van der Waals surface area contributed by atoms with Gasteiger partial charge in [-0.15, -0.1) is 0 Å². The predicted octanol–water partition coefficient (Wildman–Crippen LogP) is 1.82. The highest BCUT2D eigenvalue weighted by molar-refractivity contribution is 5.58. The van der Waals surface area contributed by atoms with Gasteiger partial charge in [-0.2, -0.15) is 4.98 Å². The summed E-state index contributed by atoms with van der Waals surface area (Å²) in [4.78, 5) is 4.36. The van der Waals surface area contributed by atoms with Gasteiger partial charge in [-0.25, -0.2) is 0 Å². The van der Waals surface area contributed by atoms with Crippen LogP contribution in [0.4, 0.5) is 0 Å². The molecule has 0 atom stereocenters. The summed E-state index contributed by atoms with van der Waals surface area (Å²) in [5, 5.41) is 7.03. The van der Waals surface area contributed by atoms with Crippen LogP contribution in [0.5, 0.6) is 5.75 Å². The molecule has 0 aliphatic heterocycles. The molecule has 0 radical (unpaired) electrons.